The van der Waals surface area contributed by atoms with Crippen molar-refractivity contribution < 1.29 is 22.7 Å². The molecule has 8 nitrogen and oxygen atoms in total. The van der Waals surface area contributed by atoms with Crippen molar-refractivity contribution in [1.29, 1.82) is 0 Å². The van der Waals surface area contributed by atoms with E-state index in [-0.39, 0.29) is 18.1 Å². The van der Waals surface area contributed by atoms with Gasteiger partial charge in [-0.2, -0.15) is 13.2 Å². The van der Waals surface area contributed by atoms with Crippen LogP contribution in [-0.4, -0.2) is 65.8 Å². The van der Waals surface area contributed by atoms with Gasteiger partial charge in [0.25, 0.3) is 0 Å². The number of pyridine rings is 1. The summed E-state index contributed by atoms with van der Waals surface area (Å²) in [5.41, 5.74) is 1.59. The Morgan fingerprint density at radius 2 is 1.75 bits per heavy atom. The normalized spacial score (nSPS) is 11.7. The van der Waals surface area contributed by atoms with Gasteiger partial charge in [-0.15, -0.1) is 0 Å². The molecule has 0 atom stereocenters. The zero-order valence-electron chi connectivity index (χ0n) is 20.9. The summed E-state index contributed by atoms with van der Waals surface area (Å²) in [6.07, 6.45) is -2.64. The van der Waals surface area contributed by atoms with E-state index in [1.165, 1.54) is 18.3 Å². The Morgan fingerprint density at radius 3 is 2.36 bits per heavy atom. The molecular formula is C25H31F3N6O2. The number of nitrogens with zero attached hydrogens (tertiary/aromatic N) is 5. The van der Waals surface area contributed by atoms with E-state index in [1.54, 1.807) is 13.0 Å². The van der Waals surface area contributed by atoms with Crippen LogP contribution in [0.3, 0.4) is 0 Å². The molecule has 0 unspecified atom stereocenters. The largest absolute Gasteiger partial charge is 0.450 e. The Morgan fingerprint density at radius 1 is 1.06 bits per heavy atom. The average Bonchev–Trinajstić information content (AvgIpc) is 2.85. The highest BCUT2D eigenvalue weighted by Crippen LogP contribution is 2.32. The summed E-state index contributed by atoms with van der Waals surface area (Å²) in [6, 6.07) is 6.41. The summed E-state index contributed by atoms with van der Waals surface area (Å²) < 4.78 is 43.8. The number of ether oxygens (including phenoxy) is 1. The van der Waals surface area contributed by atoms with Gasteiger partial charge in [-0.1, -0.05) is 26.0 Å². The molecule has 0 radical (unpaired) electrons. The second-order valence-corrected chi connectivity index (χ2v) is 8.18. The molecule has 1 N–H and O–H groups in total. The number of halogens is 3. The molecule has 1 amide bonds. The lowest BCUT2D eigenvalue weighted by atomic mass is 10.1. The van der Waals surface area contributed by atoms with E-state index in [1.807, 2.05) is 11.9 Å². The van der Waals surface area contributed by atoms with Crippen molar-refractivity contribution in [3.8, 4) is 11.3 Å². The summed E-state index contributed by atoms with van der Waals surface area (Å²) in [5, 5.41) is 2.61. The monoisotopic (exact) mass is 504 g/mol. The van der Waals surface area contributed by atoms with Gasteiger partial charge < -0.3 is 14.5 Å². The first kappa shape index (κ1) is 27.1. The smallest absolute Gasteiger partial charge is 0.416 e. The fraction of sp³-hybridized carbons (Fsp3) is 0.440. The maximum absolute atomic E-state index is 12.9. The predicted molar refractivity (Wildman–Crippen MR) is 134 cm³/mol. The average molecular weight is 505 g/mol. The van der Waals surface area contributed by atoms with Crippen LogP contribution in [0.2, 0.25) is 0 Å². The third-order valence-corrected chi connectivity index (χ3v) is 5.78. The van der Waals surface area contributed by atoms with E-state index >= 15 is 0 Å². The van der Waals surface area contributed by atoms with Crippen molar-refractivity contribution in [1.82, 2.24) is 19.9 Å². The third kappa shape index (κ3) is 6.81. The molecule has 0 aliphatic rings. The lowest BCUT2D eigenvalue weighted by Crippen LogP contribution is -2.28. The number of fused-ring (bicyclic) bond motifs is 1. The van der Waals surface area contributed by atoms with Gasteiger partial charge in [0, 0.05) is 25.2 Å². The maximum Gasteiger partial charge on any atom is 0.416 e. The molecule has 0 bridgehead atoms. The lowest BCUT2D eigenvalue weighted by molar-refractivity contribution is -0.137. The Bertz CT molecular complexity index is 1170. The van der Waals surface area contributed by atoms with Crippen molar-refractivity contribution in [2.75, 3.05) is 50.1 Å². The molecule has 3 rings (SSSR count). The summed E-state index contributed by atoms with van der Waals surface area (Å²) in [5.74, 6) is 0.241. The second-order valence-electron chi connectivity index (χ2n) is 8.18. The number of anilines is 2. The molecule has 0 spiro atoms. The van der Waals surface area contributed by atoms with E-state index < -0.39 is 17.8 Å². The number of aromatic nitrogens is 3. The number of carbonyl (C=O) groups excluding carboxylic acids is 1. The van der Waals surface area contributed by atoms with E-state index in [2.05, 4.69) is 39.0 Å². The van der Waals surface area contributed by atoms with Crippen LogP contribution >= 0.6 is 0 Å². The summed E-state index contributed by atoms with van der Waals surface area (Å²) in [6.45, 7) is 9.78. The molecule has 0 saturated heterocycles. The fourth-order valence-electron chi connectivity index (χ4n) is 3.77. The maximum atomic E-state index is 12.9. The standard InChI is InChI=1S/C25H31F3N6O2/c1-5-34(6-2)14-8-13-33(4)20-15-21(32-24(35)36-7-3)31-23-22(20)29-16-19(30-23)17-9-11-18(12-10-17)25(26,27)28/h9-12,15-16H,5-8,13-14H2,1-4H3,(H,30,31,32,35). The quantitative estimate of drug-likeness (QED) is 0.393. The van der Waals surface area contributed by atoms with E-state index in [0.29, 0.717) is 16.8 Å². The SMILES string of the molecule is CCOC(=O)Nc1cc(N(C)CCCN(CC)CC)c2ncc(-c3ccc(C(F)(F)F)cc3)nc2n1. The molecule has 0 aliphatic carbocycles. The highest BCUT2D eigenvalue weighted by atomic mass is 19.4. The van der Waals surface area contributed by atoms with Gasteiger partial charge in [0.2, 0.25) is 0 Å². The van der Waals surface area contributed by atoms with E-state index in [9.17, 15) is 18.0 Å². The minimum absolute atomic E-state index is 0.204. The third-order valence-electron chi connectivity index (χ3n) is 5.78. The van der Waals surface area contributed by atoms with Crippen LogP contribution in [0.15, 0.2) is 36.5 Å². The van der Waals surface area contributed by atoms with Gasteiger partial charge in [-0.3, -0.25) is 5.32 Å². The number of hydrogen-bond donors (Lipinski definition) is 1. The Hall–Kier alpha value is -3.47. The molecule has 1 aromatic carbocycles. The predicted octanol–water partition coefficient (Wildman–Crippen LogP) is 5.45. The van der Waals surface area contributed by atoms with Gasteiger partial charge >= 0.3 is 12.3 Å². The van der Waals surface area contributed by atoms with Gasteiger partial charge in [-0.25, -0.2) is 19.7 Å². The number of benzene rings is 1. The van der Waals surface area contributed by atoms with Gasteiger partial charge in [0.05, 0.1) is 29.7 Å². The molecule has 2 aromatic heterocycles. The van der Waals surface area contributed by atoms with Gasteiger partial charge in [0.1, 0.15) is 11.3 Å². The first-order valence-electron chi connectivity index (χ1n) is 11.9. The molecule has 2 heterocycles. The summed E-state index contributed by atoms with van der Waals surface area (Å²) in [7, 11) is 1.93. The first-order chi connectivity index (χ1) is 17.2. The van der Waals surface area contributed by atoms with Crippen LogP contribution in [0.25, 0.3) is 22.4 Å². The van der Waals surface area contributed by atoms with Crippen molar-refractivity contribution in [3.63, 3.8) is 0 Å². The molecule has 11 heteroatoms. The topological polar surface area (TPSA) is 83.5 Å². The zero-order valence-corrected chi connectivity index (χ0v) is 20.9. The molecule has 0 aliphatic heterocycles. The van der Waals surface area contributed by atoms with Crippen LogP contribution in [0, 0.1) is 0 Å². The summed E-state index contributed by atoms with van der Waals surface area (Å²) >= 11 is 0. The Kier molecular flexibility index (Phi) is 9.03. The van der Waals surface area contributed by atoms with Crippen LogP contribution < -0.4 is 10.2 Å². The number of carbonyl (C=O) groups is 1. The molecule has 194 valence electrons. The van der Waals surface area contributed by atoms with Crippen LogP contribution in [0.4, 0.5) is 29.5 Å². The van der Waals surface area contributed by atoms with Crippen molar-refractivity contribution >= 4 is 28.8 Å². The number of alkyl halides is 3. The minimum atomic E-state index is -4.42. The van der Waals surface area contributed by atoms with E-state index in [0.717, 1.165) is 50.4 Å². The number of hydrogen-bond acceptors (Lipinski definition) is 7. The molecule has 36 heavy (non-hydrogen) atoms. The highest BCUT2D eigenvalue weighted by molar-refractivity contribution is 5.92. The fourth-order valence-corrected chi connectivity index (χ4v) is 3.77. The van der Waals surface area contributed by atoms with Crippen LogP contribution in [0.1, 0.15) is 32.8 Å². The lowest BCUT2D eigenvalue weighted by Gasteiger charge is -2.23. The second kappa shape index (κ2) is 12.0. The zero-order chi connectivity index (χ0) is 26.3. The molecule has 0 saturated carbocycles. The number of rotatable bonds is 10. The van der Waals surface area contributed by atoms with Crippen molar-refractivity contribution in [3.05, 3.63) is 42.1 Å². The molecule has 0 fully saturated rings. The molecular weight excluding hydrogens is 473 g/mol. The van der Waals surface area contributed by atoms with Crippen LogP contribution in [-0.2, 0) is 10.9 Å². The number of amides is 1. The van der Waals surface area contributed by atoms with Crippen molar-refractivity contribution in [2.24, 2.45) is 0 Å². The van der Waals surface area contributed by atoms with Crippen LogP contribution in [0.5, 0.6) is 0 Å². The van der Waals surface area contributed by atoms with Gasteiger partial charge in [0.15, 0.2) is 5.65 Å². The van der Waals surface area contributed by atoms with Gasteiger partial charge in [-0.05, 0) is 45.1 Å². The summed E-state index contributed by atoms with van der Waals surface area (Å²) in [4.78, 5) is 29.9. The Balaban J connectivity index is 1.96. The Labute approximate surface area is 208 Å². The first-order valence-corrected chi connectivity index (χ1v) is 11.9. The highest BCUT2D eigenvalue weighted by Gasteiger charge is 2.30. The van der Waals surface area contributed by atoms with E-state index in [4.69, 9.17) is 4.74 Å². The minimum Gasteiger partial charge on any atom is -0.450 e. The molecule has 3 aromatic rings. The van der Waals surface area contributed by atoms with Crippen molar-refractivity contribution in [2.45, 2.75) is 33.4 Å². The number of nitrogens with one attached hydrogen (secondary N) is 1.